The SMILES string of the molecule is CNC(=O)CCCC(=O)N1CCOCC1C1CC1. The number of hydrogen-bond acceptors (Lipinski definition) is 3. The van der Waals surface area contributed by atoms with Crippen molar-refractivity contribution in [2.24, 2.45) is 5.92 Å². The second-order valence-corrected chi connectivity index (χ2v) is 5.09. The van der Waals surface area contributed by atoms with Gasteiger partial charge in [0.1, 0.15) is 0 Å². The van der Waals surface area contributed by atoms with Gasteiger partial charge in [-0.15, -0.1) is 0 Å². The number of nitrogens with zero attached hydrogens (tertiary/aromatic N) is 1. The lowest BCUT2D eigenvalue weighted by molar-refractivity contribution is -0.140. The predicted molar refractivity (Wildman–Crippen MR) is 67.0 cm³/mol. The molecule has 0 bridgehead atoms. The van der Waals surface area contributed by atoms with Crippen molar-refractivity contribution in [2.75, 3.05) is 26.8 Å². The number of carbonyl (C=O) groups is 2. The zero-order chi connectivity index (χ0) is 13.0. The van der Waals surface area contributed by atoms with Crippen molar-refractivity contribution in [3.8, 4) is 0 Å². The summed E-state index contributed by atoms with van der Waals surface area (Å²) in [6, 6.07) is 0.284. The van der Waals surface area contributed by atoms with Gasteiger partial charge in [-0.25, -0.2) is 0 Å². The smallest absolute Gasteiger partial charge is 0.222 e. The van der Waals surface area contributed by atoms with Crippen LogP contribution in [0.4, 0.5) is 0 Å². The summed E-state index contributed by atoms with van der Waals surface area (Å²) in [5, 5.41) is 2.57. The maximum absolute atomic E-state index is 12.1. The van der Waals surface area contributed by atoms with Crippen molar-refractivity contribution in [2.45, 2.75) is 38.1 Å². The molecule has 1 unspecified atom stereocenters. The maximum atomic E-state index is 12.1. The predicted octanol–water partition coefficient (Wildman–Crippen LogP) is 0.540. The second-order valence-electron chi connectivity index (χ2n) is 5.09. The molecule has 2 amide bonds. The molecule has 18 heavy (non-hydrogen) atoms. The molecular weight excluding hydrogens is 232 g/mol. The fourth-order valence-electron chi connectivity index (χ4n) is 2.47. The van der Waals surface area contributed by atoms with Crippen molar-refractivity contribution in [1.82, 2.24) is 10.2 Å². The van der Waals surface area contributed by atoms with Crippen molar-refractivity contribution in [3.63, 3.8) is 0 Å². The first-order chi connectivity index (χ1) is 8.72. The molecule has 1 aliphatic carbocycles. The molecule has 102 valence electrons. The number of ether oxygens (including phenoxy) is 1. The topological polar surface area (TPSA) is 58.6 Å². The lowest BCUT2D eigenvalue weighted by Crippen LogP contribution is -2.49. The van der Waals surface area contributed by atoms with E-state index in [1.54, 1.807) is 7.05 Å². The Labute approximate surface area is 108 Å². The van der Waals surface area contributed by atoms with Crippen molar-refractivity contribution < 1.29 is 14.3 Å². The Hall–Kier alpha value is -1.10. The third-order valence-corrected chi connectivity index (χ3v) is 3.73. The van der Waals surface area contributed by atoms with Crippen molar-refractivity contribution in [1.29, 1.82) is 0 Å². The minimum absolute atomic E-state index is 0.00326. The number of amides is 2. The van der Waals surface area contributed by atoms with Crippen LogP contribution >= 0.6 is 0 Å². The Morgan fingerprint density at radius 1 is 1.33 bits per heavy atom. The summed E-state index contributed by atoms with van der Waals surface area (Å²) >= 11 is 0. The Morgan fingerprint density at radius 2 is 2.11 bits per heavy atom. The van der Waals surface area contributed by atoms with E-state index in [1.807, 2.05) is 4.90 Å². The van der Waals surface area contributed by atoms with Gasteiger partial charge in [-0.1, -0.05) is 0 Å². The zero-order valence-electron chi connectivity index (χ0n) is 11.0. The quantitative estimate of drug-likeness (QED) is 0.779. The van der Waals surface area contributed by atoms with Crippen LogP contribution in [0.3, 0.4) is 0 Å². The minimum Gasteiger partial charge on any atom is -0.377 e. The standard InChI is InChI=1S/C13H22N2O3/c1-14-12(16)3-2-4-13(17)15-7-8-18-9-11(15)10-5-6-10/h10-11H,2-9H2,1H3,(H,14,16). The summed E-state index contributed by atoms with van der Waals surface area (Å²) in [5.41, 5.74) is 0. The van der Waals surface area contributed by atoms with Crippen LogP contribution in [0.1, 0.15) is 32.1 Å². The molecule has 1 heterocycles. The normalized spacial score (nSPS) is 23.8. The van der Waals surface area contributed by atoms with E-state index in [1.165, 1.54) is 12.8 Å². The Balaban J connectivity index is 1.77. The average molecular weight is 254 g/mol. The highest BCUT2D eigenvalue weighted by Gasteiger charge is 2.38. The van der Waals surface area contributed by atoms with E-state index in [4.69, 9.17) is 4.74 Å². The summed E-state index contributed by atoms with van der Waals surface area (Å²) in [7, 11) is 1.62. The molecule has 0 aromatic rings. The van der Waals surface area contributed by atoms with Crippen LogP contribution in [0.2, 0.25) is 0 Å². The number of carbonyl (C=O) groups excluding carboxylic acids is 2. The van der Waals surface area contributed by atoms with Crippen LogP contribution < -0.4 is 5.32 Å². The molecule has 5 heteroatoms. The first-order valence-corrected chi connectivity index (χ1v) is 6.80. The number of morpholine rings is 1. The molecule has 1 aliphatic heterocycles. The Kier molecular flexibility index (Phi) is 4.58. The van der Waals surface area contributed by atoms with Gasteiger partial charge in [0.25, 0.3) is 0 Å². The van der Waals surface area contributed by atoms with Crippen molar-refractivity contribution >= 4 is 11.8 Å². The number of hydrogen-bond donors (Lipinski definition) is 1. The molecule has 2 aliphatic rings. The molecule has 1 saturated carbocycles. The largest absolute Gasteiger partial charge is 0.377 e. The molecule has 5 nitrogen and oxygen atoms in total. The van der Waals surface area contributed by atoms with Gasteiger partial charge >= 0.3 is 0 Å². The molecule has 0 radical (unpaired) electrons. The van der Waals surface area contributed by atoms with E-state index in [0.717, 1.165) is 0 Å². The third kappa shape index (κ3) is 3.45. The van der Waals surface area contributed by atoms with Crippen LogP contribution in [0.5, 0.6) is 0 Å². The maximum Gasteiger partial charge on any atom is 0.222 e. The Bertz CT molecular complexity index is 315. The molecular formula is C13H22N2O3. The van der Waals surface area contributed by atoms with Crippen LogP contribution in [0.25, 0.3) is 0 Å². The lowest BCUT2D eigenvalue weighted by Gasteiger charge is -2.36. The molecule has 0 aromatic carbocycles. The number of nitrogens with one attached hydrogen (secondary N) is 1. The highest BCUT2D eigenvalue weighted by Crippen LogP contribution is 2.36. The zero-order valence-corrected chi connectivity index (χ0v) is 11.0. The molecule has 0 aromatic heterocycles. The first-order valence-electron chi connectivity index (χ1n) is 6.80. The minimum atomic E-state index is 0.00326. The van der Waals surface area contributed by atoms with Crippen LogP contribution in [0.15, 0.2) is 0 Å². The summed E-state index contributed by atoms with van der Waals surface area (Å²) in [5.74, 6) is 0.829. The Morgan fingerprint density at radius 3 is 2.78 bits per heavy atom. The summed E-state index contributed by atoms with van der Waals surface area (Å²) in [4.78, 5) is 25.2. The first kappa shape index (κ1) is 13.3. The van der Waals surface area contributed by atoms with Gasteiger partial charge < -0.3 is 15.0 Å². The fourth-order valence-corrected chi connectivity index (χ4v) is 2.47. The van der Waals surface area contributed by atoms with E-state index in [-0.39, 0.29) is 17.9 Å². The highest BCUT2D eigenvalue weighted by molar-refractivity contribution is 5.79. The molecule has 1 saturated heterocycles. The summed E-state index contributed by atoms with van der Waals surface area (Å²) in [6.07, 6.45) is 3.97. The average Bonchev–Trinajstić information content (AvgIpc) is 3.22. The van der Waals surface area contributed by atoms with E-state index < -0.39 is 0 Å². The molecule has 2 fully saturated rings. The van der Waals surface area contributed by atoms with Crippen LogP contribution in [-0.4, -0.2) is 49.6 Å². The van der Waals surface area contributed by atoms with Gasteiger partial charge in [-0.05, 0) is 25.2 Å². The highest BCUT2D eigenvalue weighted by atomic mass is 16.5. The second kappa shape index (κ2) is 6.18. The van der Waals surface area contributed by atoms with Gasteiger partial charge in [-0.2, -0.15) is 0 Å². The molecule has 0 spiro atoms. The van der Waals surface area contributed by atoms with Gasteiger partial charge in [0.2, 0.25) is 11.8 Å². The van der Waals surface area contributed by atoms with Gasteiger partial charge in [0.15, 0.2) is 0 Å². The van der Waals surface area contributed by atoms with E-state index in [9.17, 15) is 9.59 Å². The fraction of sp³-hybridized carbons (Fsp3) is 0.846. The summed E-state index contributed by atoms with van der Waals surface area (Å²) < 4.78 is 5.47. The molecule has 2 rings (SSSR count). The lowest BCUT2D eigenvalue weighted by atomic mass is 10.1. The van der Waals surface area contributed by atoms with E-state index in [2.05, 4.69) is 5.32 Å². The number of rotatable bonds is 5. The third-order valence-electron chi connectivity index (χ3n) is 3.73. The van der Waals surface area contributed by atoms with Crippen LogP contribution in [-0.2, 0) is 14.3 Å². The molecule has 1 N–H and O–H groups in total. The van der Waals surface area contributed by atoms with Crippen LogP contribution in [0, 0.1) is 5.92 Å². The van der Waals surface area contributed by atoms with Gasteiger partial charge in [0.05, 0.1) is 19.3 Å². The van der Waals surface area contributed by atoms with Crippen molar-refractivity contribution in [3.05, 3.63) is 0 Å². The van der Waals surface area contributed by atoms with E-state index >= 15 is 0 Å². The monoisotopic (exact) mass is 254 g/mol. The van der Waals surface area contributed by atoms with Gasteiger partial charge in [-0.3, -0.25) is 9.59 Å². The van der Waals surface area contributed by atoms with E-state index in [0.29, 0.717) is 44.9 Å². The molecule has 1 atom stereocenters. The summed E-state index contributed by atoms with van der Waals surface area (Å²) in [6.45, 7) is 2.04. The van der Waals surface area contributed by atoms with Gasteiger partial charge in [0, 0.05) is 26.4 Å².